The molecular formula is C40H45IrN3OSi-2. The summed E-state index contributed by atoms with van der Waals surface area (Å²) in [6.07, 6.45) is 10.0. The molecule has 4 nitrogen and oxygen atoms in total. The SMILES string of the molecule is CC(C)Cc1cc(-c2[c-]cccc2)ncc1[Si](C)(C)C.CC(c1ccnc(-c2[c-]ncc3c2oc2ccccc23)c1)C(C)(C)C.[Ir]. The van der Waals surface area contributed by atoms with E-state index in [4.69, 9.17) is 4.42 Å². The van der Waals surface area contributed by atoms with Crippen molar-refractivity contribution in [3.05, 3.63) is 109 Å². The third kappa shape index (κ3) is 8.09. The Morgan fingerprint density at radius 3 is 2.26 bits per heavy atom. The van der Waals surface area contributed by atoms with Crippen molar-refractivity contribution in [1.29, 1.82) is 0 Å². The van der Waals surface area contributed by atoms with Gasteiger partial charge in [0.15, 0.2) is 0 Å². The molecule has 0 saturated heterocycles. The Morgan fingerprint density at radius 1 is 0.848 bits per heavy atom. The molecule has 1 atom stereocenters. The fourth-order valence-electron chi connectivity index (χ4n) is 5.60. The molecule has 1 unspecified atom stereocenters. The first kappa shape index (κ1) is 35.4. The molecule has 6 aromatic rings. The Balaban J connectivity index is 0.000000210. The van der Waals surface area contributed by atoms with Gasteiger partial charge in [0, 0.05) is 37.9 Å². The normalized spacial score (nSPS) is 12.5. The van der Waals surface area contributed by atoms with Gasteiger partial charge in [0.1, 0.15) is 5.58 Å². The van der Waals surface area contributed by atoms with Gasteiger partial charge in [-0.15, -0.1) is 35.9 Å². The zero-order chi connectivity index (χ0) is 32.4. The monoisotopic (exact) mass is 804 g/mol. The van der Waals surface area contributed by atoms with E-state index in [1.165, 1.54) is 16.3 Å². The second-order valence-corrected chi connectivity index (χ2v) is 19.5. The minimum Gasteiger partial charge on any atom is -0.500 e. The first-order valence-electron chi connectivity index (χ1n) is 15.9. The zero-order valence-electron chi connectivity index (χ0n) is 28.5. The summed E-state index contributed by atoms with van der Waals surface area (Å²) < 4.78 is 6.09. The molecule has 0 amide bonds. The fraction of sp³-hybridized carbons (Fsp3) is 0.325. The number of pyridine rings is 3. The molecule has 6 rings (SSSR count). The van der Waals surface area contributed by atoms with E-state index in [1.54, 1.807) is 0 Å². The molecule has 0 spiro atoms. The van der Waals surface area contributed by atoms with Crippen molar-refractivity contribution in [2.45, 2.75) is 73.5 Å². The number of hydrogen-bond acceptors (Lipinski definition) is 4. The van der Waals surface area contributed by atoms with Crippen LogP contribution in [0.25, 0.3) is 44.5 Å². The van der Waals surface area contributed by atoms with Crippen molar-refractivity contribution in [2.75, 3.05) is 0 Å². The van der Waals surface area contributed by atoms with Crippen LogP contribution in [-0.2, 0) is 26.5 Å². The van der Waals surface area contributed by atoms with Crippen molar-refractivity contribution in [2.24, 2.45) is 11.3 Å². The molecule has 6 heteroatoms. The first-order chi connectivity index (χ1) is 21.3. The molecule has 0 saturated carbocycles. The fourth-order valence-corrected chi connectivity index (χ4v) is 7.19. The smallest absolute Gasteiger partial charge is 0.121 e. The maximum Gasteiger partial charge on any atom is 0.121 e. The molecule has 0 aliphatic rings. The van der Waals surface area contributed by atoms with Crippen LogP contribution in [0.15, 0.2) is 89.7 Å². The van der Waals surface area contributed by atoms with Crippen LogP contribution in [0.3, 0.4) is 0 Å². The molecule has 46 heavy (non-hydrogen) atoms. The summed E-state index contributed by atoms with van der Waals surface area (Å²) in [6.45, 7) is 20.8. The Kier molecular flexibility index (Phi) is 11.2. The van der Waals surface area contributed by atoms with Gasteiger partial charge in [-0.2, -0.15) is 0 Å². The van der Waals surface area contributed by atoms with E-state index in [2.05, 4.69) is 125 Å². The summed E-state index contributed by atoms with van der Waals surface area (Å²) in [5, 5.41) is 3.56. The third-order valence-corrected chi connectivity index (χ3v) is 10.5. The van der Waals surface area contributed by atoms with Crippen molar-refractivity contribution < 1.29 is 24.5 Å². The van der Waals surface area contributed by atoms with E-state index in [0.29, 0.717) is 11.8 Å². The van der Waals surface area contributed by atoms with Crippen molar-refractivity contribution in [1.82, 2.24) is 15.0 Å². The van der Waals surface area contributed by atoms with Crippen molar-refractivity contribution >= 4 is 35.2 Å². The number of rotatable bonds is 6. The minimum atomic E-state index is -1.34. The largest absolute Gasteiger partial charge is 0.500 e. The number of hydrogen-bond donors (Lipinski definition) is 0. The molecule has 4 aromatic heterocycles. The average Bonchev–Trinajstić information content (AvgIpc) is 3.39. The predicted molar refractivity (Wildman–Crippen MR) is 191 cm³/mol. The molecular weight excluding hydrogens is 759 g/mol. The van der Waals surface area contributed by atoms with Gasteiger partial charge in [-0.05, 0) is 70.2 Å². The van der Waals surface area contributed by atoms with Gasteiger partial charge in [0.05, 0.1) is 13.7 Å². The second-order valence-electron chi connectivity index (χ2n) is 14.5. The zero-order valence-corrected chi connectivity index (χ0v) is 31.9. The maximum atomic E-state index is 6.09. The molecule has 0 aliphatic heterocycles. The van der Waals surface area contributed by atoms with Gasteiger partial charge in [0.2, 0.25) is 0 Å². The van der Waals surface area contributed by atoms with E-state index in [-0.39, 0.29) is 25.5 Å². The van der Waals surface area contributed by atoms with E-state index in [9.17, 15) is 0 Å². The quantitative estimate of drug-likeness (QED) is 0.124. The number of benzene rings is 2. The van der Waals surface area contributed by atoms with Gasteiger partial charge < -0.3 is 19.4 Å². The van der Waals surface area contributed by atoms with E-state index < -0.39 is 8.07 Å². The molecule has 241 valence electrons. The van der Waals surface area contributed by atoms with Crippen LogP contribution in [-0.4, -0.2) is 23.0 Å². The molecule has 0 fully saturated rings. The second kappa shape index (κ2) is 14.5. The number of furan rings is 1. The Bertz CT molecular complexity index is 1900. The summed E-state index contributed by atoms with van der Waals surface area (Å²) in [7, 11) is -1.34. The summed E-state index contributed by atoms with van der Waals surface area (Å²) in [6, 6.07) is 25.9. The average molecular weight is 804 g/mol. The number of aromatic nitrogens is 3. The Morgan fingerprint density at radius 2 is 1.59 bits per heavy atom. The molecule has 0 N–H and O–H groups in total. The van der Waals surface area contributed by atoms with Crippen LogP contribution < -0.4 is 5.19 Å². The minimum absolute atomic E-state index is 0. The molecule has 4 heterocycles. The van der Waals surface area contributed by atoms with Gasteiger partial charge in [-0.3, -0.25) is 0 Å². The van der Waals surface area contributed by atoms with Gasteiger partial charge >= 0.3 is 0 Å². The predicted octanol–water partition coefficient (Wildman–Crippen LogP) is 10.3. The maximum absolute atomic E-state index is 6.09. The van der Waals surface area contributed by atoms with Gasteiger partial charge in [-0.1, -0.05) is 108 Å². The van der Waals surface area contributed by atoms with Crippen LogP contribution in [0.4, 0.5) is 0 Å². The molecule has 2 aromatic carbocycles. The summed E-state index contributed by atoms with van der Waals surface area (Å²) >= 11 is 0. The van der Waals surface area contributed by atoms with Crippen molar-refractivity contribution in [3.8, 4) is 22.5 Å². The summed E-state index contributed by atoms with van der Waals surface area (Å²) in [5.74, 6) is 1.08. The standard InChI is InChI=1S/C22H21N2O.C18H24NSi.Ir/c1-14(22(2,3)4)15-9-10-24-19(11-15)18-13-23-12-17-16-7-5-6-8-20(16)25-21(17)18;1-14(2)11-16-12-17(15-9-7-6-8-10-15)19-13-18(16)20(3,4)5;/h5-12,14H,1-4H3;6-9,12-14H,11H2,1-5H3;/q2*-1;. The first-order valence-corrected chi connectivity index (χ1v) is 19.4. The topological polar surface area (TPSA) is 51.8 Å². The van der Waals surface area contributed by atoms with E-state index in [0.717, 1.165) is 50.9 Å². The van der Waals surface area contributed by atoms with Gasteiger partial charge in [0.25, 0.3) is 0 Å². The molecule has 1 radical (unpaired) electrons. The third-order valence-electron chi connectivity index (χ3n) is 8.48. The molecule has 0 bridgehead atoms. The van der Waals surface area contributed by atoms with Crippen LogP contribution >= 0.6 is 0 Å². The molecule has 0 aliphatic carbocycles. The number of para-hydroxylation sites is 1. The number of fused-ring (bicyclic) bond motifs is 3. The van der Waals surface area contributed by atoms with E-state index >= 15 is 0 Å². The number of nitrogens with zero attached hydrogens (tertiary/aromatic N) is 3. The van der Waals surface area contributed by atoms with Crippen LogP contribution in [0, 0.1) is 23.6 Å². The van der Waals surface area contributed by atoms with Crippen molar-refractivity contribution in [3.63, 3.8) is 0 Å². The summed E-state index contributed by atoms with van der Waals surface area (Å²) in [4.78, 5) is 13.6. The Labute approximate surface area is 289 Å². The van der Waals surface area contributed by atoms with Gasteiger partial charge in [-0.25, -0.2) is 0 Å². The Hall–Kier alpha value is -3.44. The van der Waals surface area contributed by atoms with E-state index in [1.807, 2.05) is 48.8 Å². The van der Waals surface area contributed by atoms with Crippen LogP contribution in [0.5, 0.6) is 0 Å². The summed E-state index contributed by atoms with van der Waals surface area (Å²) in [5.41, 5.74) is 8.38. The van der Waals surface area contributed by atoms with Crippen LogP contribution in [0.1, 0.15) is 58.6 Å². The van der Waals surface area contributed by atoms with Crippen LogP contribution in [0.2, 0.25) is 19.6 Å².